The minimum Gasteiger partial charge on any atom is -0.390 e. The molecule has 0 radical (unpaired) electrons. The van der Waals surface area contributed by atoms with E-state index in [1.165, 1.54) is 0 Å². The van der Waals surface area contributed by atoms with Crippen LogP contribution in [0.25, 0.3) is 0 Å². The van der Waals surface area contributed by atoms with E-state index in [1.54, 1.807) is 11.3 Å². The van der Waals surface area contributed by atoms with Crippen molar-refractivity contribution in [3.8, 4) is 0 Å². The Kier molecular flexibility index (Phi) is 3.90. The van der Waals surface area contributed by atoms with Gasteiger partial charge in [-0.2, -0.15) is 11.8 Å². The molecule has 1 rings (SSSR count). The molecule has 0 aliphatic rings. The zero-order chi connectivity index (χ0) is 8.10. The monoisotopic (exact) mass is 189 g/mol. The minimum atomic E-state index is 0.0628. The third kappa shape index (κ3) is 2.81. The summed E-state index contributed by atoms with van der Waals surface area (Å²) in [5, 5.41) is 11.7. The van der Waals surface area contributed by atoms with Gasteiger partial charge in [0.1, 0.15) is 5.01 Å². The maximum atomic E-state index is 8.71. The fraction of sp³-hybridized carbons (Fsp3) is 0.571. The number of hydrogen-bond donors (Lipinski definition) is 1. The molecule has 0 aliphatic carbocycles. The van der Waals surface area contributed by atoms with Gasteiger partial charge >= 0.3 is 0 Å². The maximum absolute atomic E-state index is 8.71. The second-order valence-electron chi connectivity index (χ2n) is 2.03. The number of hydrogen-bond acceptors (Lipinski definition) is 4. The highest BCUT2D eigenvalue weighted by molar-refractivity contribution is 7.98. The molecule has 0 bridgehead atoms. The summed E-state index contributed by atoms with van der Waals surface area (Å²) in [6.45, 7) is 2.19. The highest BCUT2D eigenvalue weighted by Gasteiger charge is 1.99. The van der Waals surface area contributed by atoms with Crippen molar-refractivity contribution in [1.29, 1.82) is 0 Å². The summed E-state index contributed by atoms with van der Waals surface area (Å²) in [4.78, 5) is 4.21. The summed E-state index contributed by atoms with van der Waals surface area (Å²) >= 11 is 3.47. The first-order valence-electron chi connectivity index (χ1n) is 3.48. The lowest BCUT2D eigenvalue weighted by molar-refractivity contribution is 0.277. The molecule has 1 aromatic heterocycles. The van der Waals surface area contributed by atoms with Crippen LogP contribution in [0, 0.1) is 0 Å². The van der Waals surface area contributed by atoms with Crippen LogP contribution in [-0.2, 0) is 12.4 Å². The number of rotatable bonds is 4. The van der Waals surface area contributed by atoms with E-state index in [2.05, 4.69) is 11.9 Å². The second-order valence-corrected chi connectivity index (χ2v) is 4.24. The molecule has 0 saturated carbocycles. The largest absolute Gasteiger partial charge is 0.390 e. The Morgan fingerprint density at radius 2 is 2.55 bits per heavy atom. The van der Waals surface area contributed by atoms with Crippen molar-refractivity contribution in [2.75, 3.05) is 5.75 Å². The van der Waals surface area contributed by atoms with E-state index in [0.29, 0.717) is 0 Å². The summed E-state index contributed by atoms with van der Waals surface area (Å²) in [5.41, 5.74) is 0.793. The Hall–Kier alpha value is -0.0600. The Morgan fingerprint density at radius 1 is 1.73 bits per heavy atom. The van der Waals surface area contributed by atoms with E-state index in [9.17, 15) is 0 Å². The molecule has 0 unspecified atom stereocenters. The van der Waals surface area contributed by atoms with Gasteiger partial charge < -0.3 is 5.11 Å². The van der Waals surface area contributed by atoms with Crippen LogP contribution in [-0.4, -0.2) is 15.8 Å². The molecule has 2 nitrogen and oxygen atoms in total. The van der Waals surface area contributed by atoms with Crippen LogP contribution < -0.4 is 0 Å². The molecule has 1 heterocycles. The summed E-state index contributed by atoms with van der Waals surface area (Å²) < 4.78 is 0. The number of aliphatic hydroxyl groups is 1. The Bertz CT molecular complexity index is 212. The van der Waals surface area contributed by atoms with Crippen molar-refractivity contribution in [1.82, 2.24) is 4.98 Å². The van der Waals surface area contributed by atoms with Crippen molar-refractivity contribution in [2.24, 2.45) is 0 Å². The summed E-state index contributed by atoms with van der Waals surface area (Å²) in [7, 11) is 0. The zero-order valence-electron chi connectivity index (χ0n) is 6.41. The third-order valence-corrected chi connectivity index (χ3v) is 3.16. The molecule has 62 valence electrons. The zero-order valence-corrected chi connectivity index (χ0v) is 8.04. The molecule has 0 aromatic carbocycles. The van der Waals surface area contributed by atoms with Gasteiger partial charge in [0.15, 0.2) is 0 Å². The van der Waals surface area contributed by atoms with Gasteiger partial charge in [0.2, 0.25) is 0 Å². The molecule has 0 aliphatic heterocycles. The lowest BCUT2D eigenvalue weighted by Crippen LogP contribution is -1.84. The standard InChI is InChI=1S/C7H11NOS2/c1-2-10-5-7-8-6(3-9)4-11-7/h4,9H,2-3,5H2,1H3. The van der Waals surface area contributed by atoms with E-state index in [0.717, 1.165) is 22.2 Å². The fourth-order valence-corrected chi connectivity index (χ4v) is 2.21. The van der Waals surface area contributed by atoms with Crippen LogP contribution in [0.5, 0.6) is 0 Å². The predicted molar refractivity (Wildman–Crippen MR) is 49.9 cm³/mol. The van der Waals surface area contributed by atoms with E-state index < -0.39 is 0 Å². The van der Waals surface area contributed by atoms with Gasteiger partial charge in [-0.05, 0) is 5.75 Å². The smallest absolute Gasteiger partial charge is 0.103 e. The number of aliphatic hydroxyl groups excluding tert-OH is 1. The lowest BCUT2D eigenvalue weighted by atomic mass is 10.5. The predicted octanol–water partition coefficient (Wildman–Crippen LogP) is 1.89. The van der Waals surface area contributed by atoms with Gasteiger partial charge in [-0.1, -0.05) is 6.92 Å². The summed E-state index contributed by atoms with van der Waals surface area (Å²) in [5.74, 6) is 2.09. The summed E-state index contributed by atoms with van der Waals surface area (Å²) in [6, 6.07) is 0. The molecule has 4 heteroatoms. The van der Waals surface area contributed by atoms with Gasteiger partial charge in [0, 0.05) is 11.1 Å². The van der Waals surface area contributed by atoms with E-state index in [-0.39, 0.29) is 6.61 Å². The fourth-order valence-electron chi connectivity index (χ4n) is 0.677. The minimum absolute atomic E-state index is 0.0628. The molecule has 11 heavy (non-hydrogen) atoms. The number of thiazole rings is 1. The van der Waals surface area contributed by atoms with Gasteiger partial charge in [-0.3, -0.25) is 0 Å². The third-order valence-electron chi connectivity index (χ3n) is 1.19. The van der Waals surface area contributed by atoms with Crippen molar-refractivity contribution < 1.29 is 5.11 Å². The molecule has 1 aromatic rings. The van der Waals surface area contributed by atoms with Crippen molar-refractivity contribution in [3.05, 3.63) is 16.1 Å². The topological polar surface area (TPSA) is 33.1 Å². The average Bonchev–Trinajstić information content (AvgIpc) is 2.48. The number of nitrogens with zero attached hydrogens (tertiary/aromatic N) is 1. The van der Waals surface area contributed by atoms with Crippen LogP contribution >= 0.6 is 23.1 Å². The van der Waals surface area contributed by atoms with Crippen molar-refractivity contribution in [2.45, 2.75) is 19.3 Å². The highest BCUT2D eigenvalue weighted by Crippen LogP contribution is 2.16. The molecule has 1 N–H and O–H groups in total. The number of thioether (sulfide) groups is 1. The Labute approximate surface area is 74.7 Å². The molecule has 0 saturated heterocycles. The second kappa shape index (κ2) is 4.74. The first-order chi connectivity index (χ1) is 5.36. The van der Waals surface area contributed by atoms with Crippen LogP contribution in [0.3, 0.4) is 0 Å². The van der Waals surface area contributed by atoms with Gasteiger partial charge in [0.25, 0.3) is 0 Å². The van der Waals surface area contributed by atoms with Crippen molar-refractivity contribution >= 4 is 23.1 Å². The quantitative estimate of drug-likeness (QED) is 0.785. The molecular formula is C7H11NOS2. The van der Waals surface area contributed by atoms with Crippen LogP contribution in [0.2, 0.25) is 0 Å². The first-order valence-corrected chi connectivity index (χ1v) is 5.52. The molecule has 0 atom stereocenters. The van der Waals surface area contributed by atoms with Crippen LogP contribution in [0.4, 0.5) is 0 Å². The lowest BCUT2D eigenvalue weighted by Gasteiger charge is -1.90. The maximum Gasteiger partial charge on any atom is 0.103 e. The average molecular weight is 189 g/mol. The Morgan fingerprint density at radius 3 is 3.09 bits per heavy atom. The Balaban J connectivity index is 2.44. The van der Waals surface area contributed by atoms with Gasteiger partial charge in [0.05, 0.1) is 12.3 Å². The highest BCUT2D eigenvalue weighted by atomic mass is 32.2. The number of aromatic nitrogens is 1. The molecular weight excluding hydrogens is 178 g/mol. The van der Waals surface area contributed by atoms with E-state index in [1.807, 2.05) is 17.1 Å². The normalized spacial score (nSPS) is 10.4. The molecule has 0 fully saturated rings. The molecule has 0 amide bonds. The van der Waals surface area contributed by atoms with Gasteiger partial charge in [-0.25, -0.2) is 4.98 Å². The van der Waals surface area contributed by atoms with Crippen molar-refractivity contribution in [3.63, 3.8) is 0 Å². The van der Waals surface area contributed by atoms with Crippen LogP contribution in [0.15, 0.2) is 5.38 Å². The summed E-state index contributed by atoms with van der Waals surface area (Å²) in [6.07, 6.45) is 0. The first kappa shape index (κ1) is 9.03. The SMILES string of the molecule is CCSCc1nc(CO)cs1. The van der Waals surface area contributed by atoms with E-state index >= 15 is 0 Å². The van der Waals surface area contributed by atoms with E-state index in [4.69, 9.17) is 5.11 Å². The van der Waals surface area contributed by atoms with Gasteiger partial charge in [-0.15, -0.1) is 11.3 Å². The molecule has 0 spiro atoms. The van der Waals surface area contributed by atoms with Crippen LogP contribution in [0.1, 0.15) is 17.6 Å².